The van der Waals surface area contributed by atoms with Crippen LogP contribution in [-0.4, -0.2) is 16.7 Å². The lowest BCUT2D eigenvalue weighted by Crippen LogP contribution is -2.13. The van der Waals surface area contributed by atoms with Crippen LogP contribution in [0, 0.1) is 0 Å². The highest BCUT2D eigenvalue weighted by Crippen LogP contribution is 2.26. The quantitative estimate of drug-likeness (QED) is 0.607. The van der Waals surface area contributed by atoms with Crippen LogP contribution >= 0.6 is 34.3 Å². The molecule has 0 radical (unpaired) electrons. The molecule has 1 amide bonds. The predicted octanol–water partition coefficient (Wildman–Crippen LogP) is 5.13. The predicted molar refractivity (Wildman–Crippen MR) is 99.1 cm³/mol. The van der Waals surface area contributed by atoms with Gasteiger partial charge in [0.25, 0.3) is 0 Å². The maximum atomic E-state index is 12.0. The van der Waals surface area contributed by atoms with Crippen LogP contribution in [0.4, 0.5) is 5.13 Å². The van der Waals surface area contributed by atoms with Gasteiger partial charge in [0, 0.05) is 28.8 Å². The summed E-state index contributed by atoms with van der Waals surface area (Å²) in [5, 5.41) is 7.64. The summed E-state index contributed by atoms with van der Waals surface area (Å²) in [6, 6.07) is 10.9. The van der Waals surface area contributed by atoms with Crippen LogP contribution < -0.4 is 5.32 Å². The second-order valence-corrected chi connectivity index (χ2v) is 7.24. The van der Waals surface area contributed by atoms with Crippen LogP contribution in [0.3, 0.4) is 0 Å². The Morgan fingerprint density at radius 2 is 1.88 bits per heavy atom. The number of rotatable bonds is 6. The molecule has 4 nitrogen and oxygen atoms in total. The van der Waals surface area contributed by atoms with Gasteiger partial charge in [-0.25, -0.2) is 4.98 Å². The van der Waals surface area contributed by atoms with Gasteiger partial charge in [0.2, 0.25) is 5.91 Å². The number of hydrogen-bond donors (Lipinski definition) is 1. The number of halogens is 1. The summed E-state index contributed by atoms with van der Waals surface area (Å²) in [5.74, 6) is -0.224. The number of ketones is 1. The minimum atomic E-state index is -0.211. The molecule has 1 aromatic carbocycles. The van der Waals surface area contributed by atoms with Gasteiger partial charge in [0.1, 0.15) is 0 Å². The van der Waals surface area contributed by atoms with Crippen molar-refractivity contribution in [3.63, 3.8) is 0 Å². The van der Waals surface area contributed by atoms with Gasteiger partial charge in [-0.15, -0.1) is 22.7 Å². The molecule has 0 atom stereocenters. The van der Waals surface area contributed by atoms with Gasteiger partial charge < -0.3 is 5.32 Å². The third-order valence-electron chi connectivity index (χ3n) is 3.27. The van der Waals surface area contributed by atoms with Crippen molar-refractivity contribution in [1.29, 1.82) is 0 Å². The number of amides is 1. The summed E-state index contributed by atoms with van der Waals surface area (Å²) >= 11 is 8.61. The number of nitrogens with zero attached hydrogens (tertiary/aromatic N) is 1. The zero-order valence-electron chi connectivity index (χ0n) is 12.5. The third-order valence-corrected chi connectivity index (χ3v) is 5.19. The van der Waals surface area contributed by atoms with Crippen molar-refractivity contribution in [2.24, 2.45) is 0 Å². The Hall–Kier alpha value is -2.02. The van der Waals surface area contributed by atoms with Crippen LogP contribution in [0.15, 0.2) is 47.2 Å². The largest absolute Gasteiger partial charge is 0.302 e. The molecule has 122 valence electrons. The van der Waals surface area contributed by atoms with Gasteiger partial charge in [-0.3, -0.25) is 9.59 Å². The van der Waals surface area contributed by atoms with E-state index in [0.717, 1.165) is 11.3 Å². The lowest BCUT2D eigenvalue weighted by Gasteiger charge is -2.01. The number of benzene rings is 1. The molecule has 2 heterocycles. The summed E-state index contributed by atoms with van der Waals surface area (Å²) < 4.78 is 0. The molecular weight excluding hydrogens is 364 g/mol. The van der Waals surface area contributed by atoms with Crippen molar-refractivity contribution in [1.82, 2.24) is 4.98 Å². The van der Waals surface area contributed by atoms with E-state index in [1.165, 1.54) is 22.7 Å². The third kappa shape index (κ3) is 4.29. The van der Waals surface area contributed by atoms with Crippen molar-refractivity contribution < 1.29 is 9.59 Å². The molecule has 0 saturated carbocycles. The number of thiazole rings is 1. The molecule has 0 aliphatic carbocycles. The molecule has 0 unspecified atom stereocenters. The summed E-state index contributed by atoms with van der Waals surface area (Å²) in [7, 11) is 0. The van der Waals surface area contributed by atoms with Gasteiger partial charge >= 0.3 is 0 Å². The zero-order valence-corrected chi connectivity index (χ0v) is 14.9. The molecule has 0 fully saturated rings. The normalized spacial score (nSPS) is 10.5. The second kappa shape index (κ2) is 7.70. The topological polar surface area (TPSA) is 59.1 Å². The van der Waals surface area contributed by atoms with Crippen molar-refractivity contribution in [3.05, 3.63) is 57.1 Å². The SMILES string of the molecule is O=C(CCC(=O)c1cccs1)Nc1nc(-c2ccc(Cl)cc2)cs1. The highest BCUT2D eigenvalue weighted by molar-refractivity contribution is 7.14. The van der Waals surface area contributed by atoms with E-state index in [2.05, 4.69) is 10.3 Å². The van der Waals surface area contributed by atoms with Crippen LogP contribution in [0.2, 0.25) is 5.02 Å². The maximum Gasteiger partial charge on any atom is 0.226 e. The summed E-state index contributed by atoms with van der Waals surface area (Å²) in [6.07, 6.45) is 0.342. The number of nitrogens with one attached hydrogen (secondary N) is 1. The van der Waals surface area contributed by atoms with E-state index < -0.39 is 0 Å². The maximum absolute atomic E-state index is 12.0. The Balaban J connectivity index is 1.55. The van der Waals surface area contributed by atoms with Gasteiger partial charge in [-0.2, -0.15) is 0 Å². The molecule has 2 aromatic heterocycles. The van der Waals surface area contributed by atoms with E-state index in [4.69, 9.17) is 11.6 Å². The lowest BCUT2D eigenvalue weighted by molar-refractivity contribution is -0.116. The molecule has 1 N–H and O–H groups in total. The average molecular weight is 377 g/mol. The van der Waals surface area contributed by atoms with Crippen LogP contribution in [0.5, 0.6) is 0 Å². The average Bonchev–Trinajstić information content (AvgIpc) is 3.25. The summed E-state index contributed by atoms with van der Waals surface area (Å²) in [6.45, 7) is 0. The number of anilines is 1. The number of thiophene rings is 1. The van der Waals surface area contributed by atoms with Crippen LogP contribution in [0.25, 0.3) is 11.3 Å². The number of carbonyl (C=O) groups is 2. The fraction of sp³-hybridized carbons (Fsp3) is 0.118. The van der Waals surface area contributed by atoms with E-state index in [0.29, 0.717) is 15.0 Å². The van der Waals surface area contributed by atoms with Crippen molar-refractivity contribution in [2.75, 3.05) is 5.32 Å². The van der Waals surface area contributed by atoms with Crippen LogP contribution in [0.1, 0.15) is 22.5 Å². The molecular formula is C17H13ClN2O2S2. The van der Waals surface area contributed by atoms with E-state index in [9.17, 15) is 9.59 Å². The molecule has 0 saturated heterocycles. The minimum Gasteiger partial charge on any atom is -0.302 e. The fourth-order valence-electron chi connectivity index (χ4n) is 2.05. The summed E-state index contributed by atoms with van der Waals surface area (Å²) in [4.78, 5) is 28.9. The molecule has 0 aliphatic rings. The fourth-order valence-corrected chi connectivity index (χ4v) is 3.61. The smallest absolute Gasteiger partial charge is 0.226 e. The van der Waals surface area contributed by atoms with Gasteiger partial charge in [0.15, 0.2) is 10.9 Å². The number of Topliss-reactive ketones (excluding diaryl/α,β-unsaturated/α-hetero) is 1. The molecule has 24 heavy (non-hydrogen) atoms. The molecule has 3 aromatic rings. The second-order valence-electron chi connectivity index (χ2n) is 4.99. The van der Waals surface area contributed by atoms with Crippen LogP contribution in [-0.2, 0) is 4.79 Å². The number of carbonyl (C=O) groups excluding carboxylic acids is 2. The van der Waals surface area contributed by atoms with Gasteiger partial charge in [-0.1, -0.05) is 29.8 Å². The van der Waals surface area contributed by atoms with Crippen molar-refractivity contribution in [2.45, 2.75) is 12.8 Å². The standard InChI is InChI=1S/C17H13ClN2O2S2/c18-12-5-3-11(4-6-12)13-10-24-17(19-13)20-16(22)8-7-14(21)15-2-1-9-23-15/h1-6,9-10H,7-8H2,(H,19,20,22). The van der Waals surface area contributed by atoms with E-state index in [1.807, 2.05) is 29.0 Å². The molecule has 3 rings (SSSR count). The Morgan fingerprint density at radius 1 is 1.08 bits per heavy atom. The zero-order chi connectivity index (χ0) is 16.9. The van der Waals surface area contributed by atoms with Gasteiger partial charge in [-0.05, 0) is 23.6 Å². The lowest BCUT2D eigenvalue weighted by atomic mass is 10.2. The van der Waals surface area contributed by atoms with E-state index in [-0.39, 0.29) is 24.5 Å². The Kier molecular flexibility index (Phi) is 5.40. The Morgan fingerprint density at radius 3 is 2.58 bits per heavy atom. The van der Waals surface area contributed by atoms with Crippen molar-refractivity contribution in [3.8, 4) is 11.3 Å². The first-order valence-electron chi connectivity index (χ1n) is 7.20. The monoisotopic (exact) mass is 376 g/mol. The highest BCUT2D eigenvalue weighted by atomic mass is 35.5. The van der Waals surface area contributed by atoms with E-state index >= 15 is 0 Å². The highest BCUT2D eigenvalue weighted by Gasteiger charge is 2.12. The molecule has 0 bridgehead atoms. The van der Waals surface area contributed by atoms with E-state index in [1.54, 1.807) is 18.2 Å². The molecule has 0 spiro atoms. The first-order valence-corrected chi connectivity index (χ1v) is 9.33. The first kappa shape index (κ1) is 16.8. The Labute approximate surface area is 152 Å². The van der Waals surface area contributed by atoms with Gasteiger partial charge in [0.05, 0.1) is 10.6 Å². The molecule has 0 aliphatic heterocycles. The first-order chi connectivity index (χ1) is 11.6. The Bertz CT molecular complexity index is 842. The number of aromatic nitrogens is 1. The van der Waals surface area contributed by atoms with Crippen molar-refractivity contribution >= 4 is 51.1 Å². The summed E-state index contributed by atoms with van der Waals surface area (Å²) in [5.41, 5.74) is 1.71. The molecule has 7 heteroatoms. The number of hydrogen-bond acceptors (Lipinski definition) is 5. The minimum absolute atomic E-state index is 0.0128.